The number of nitrogens with zero attached hydrogens (tertiary/aromatic N) is 4. The number of tetrazole rings is 1. The second-order valence-corrected chi connectivity index (χ2v) is 6.87. The van der Waals surface area contributed by atoms with Crippen LogP contribution in [0.1, 0.15) is 18.9 Å². The highest BCUT2D eigenvalue weighted by atomic mass is 35.5. The van der Waals surface area contributed by atoms with Gasteiger partial charge in [-0.15, -0.1) is 5.10 Å². The van der Waals surface area contributed by atoms with Crippen molar-refractivity contribution in [3.63, 3.8) is 0 Å². The summed E-state index contributed by atoms with van der Waals surface area (Å²) in [5, 5.41) is 12.4. The van der Waals surface area contributed by atoms with E-state index in [1.165, 1.54) is 0 Å². The van der Waals surface area contributed by atoms with E-state index in [0.29, 0.717) is 28.0 Å². The van der Waals surface area contributed by atoms with Crippen molar-refractivity contribution >= 4 is 28.1 Å². The minimum Gasteiger partial charge on any atom is -0.398 e. The number of rotatable bonds is 2. The van der Waals surface area contributed by atoms with Gasteiger partial charge in [-0.2, -0.15) is 0 Å². The van der Waals surface area contributed by atoms with Gasteiger partial charge in [0.2, 0.25) is 0 Å². The minimum absolute atomic E-state index is 0.189. The zero-order valence-corrected chi connectivity index (χ0v) is 12.3. The van der Waals surface area contributed by atoms with Crippen molar-refractivity contribution in [2.45, 2.75) is 18.9 Å². The Kier molecular flexibility index (Phi) is 3.71. The average molecular weight is 312 g/mol. The van der Waals surface area contributed by atoms with Crippen molar-refractivity contribution < 1.29 is 4.21 Å². The molecule has 0 saturated carbocycles. The van der Waals surface area contributed by atoms with E-state index in [2.05, 4.69) is 15.5 Å². The molecule has 0 atom stereocenters. The third kappa shape index (κ3) is 2.55. The first kappa shape index (κ1) is 13.5. The Labute approximate surface area is 123 Å². The standard InChI is InChI=1S/C12H14ClN5OS/c13-10-7-8(1-2-11(10)14)12-15-16-17-18(12)9-3-5-20(19)6-4-9/h1-2,7,9H,3-6,14H2. The lowest BCUT2D eigenvalue weighted by Crippen LogP contribution is -2.23. The smallest absolute Gasteiger partial charge is 0.182 e. The van der Waals surface area contributed by atoms with Crippen LogP contribution in [0, 0.1) is 0 Å². The van der Waals surface area contributed by atoms with Gasteiger partial charge in [-0.25, -0.2) is 4.68 Å². The van der Waals surface area contributed by atoms with Crippen molar-refractivity contribution in [1.82, 2.24) is 20.2 Å². The number of nitrogens with two attached hydrogens (primary N) is 1. The van der Waals surface area contributed by atoms with Crippen LogP contribution in [0.4, 0.5) is 5.69 Å². The van der Waals surface area contributed by atoms with Gasteiger partial charge < -0.3 is 5.73 Å². The normalized spacial score (nSPS) is 22.9. The molecule has 3 rings (SSSR count). The fourth-order valence-electron chi connectivity index (χ4n) is 2.32. The molecule has 6 nitrogen and oxygen atoms in total. The number of nitrogen functional groups attached to an aromatic ring is 1. The maximum absolute atomic E-state index is 11.4. The molecule has 0 unspecified atom stereocenters. The predicted octanol–water partition coefficient (Wildman–Crippen LogP) is 1.66. The molecule has 8 heteroatoms. The summed E-state index contributed by atoms with van der Waals surface area (Å²) >= 11 is 6.04. The summed E-state index contributed by atoms with van der Waals surface area (Å²) < 4.78 is 13.2. The molecule has 0 spiro atoms. The third-order valence-electron chi connectivity index (χ3n) is 3.45. The van der Waals surface area contributed by atoms with E-state index in [9.17, 15) is 4.21 Å². The van der Waals surface area contributed by atoms with Crippen LogP contribution in [0.2, 0.25) is 5.02 Å². The van der Waals surface area contributed by atoms with Gasteiger partial charge in [0.05, 0.1) is 16.8 Å². The van der Waals surface area contributed by atoms with Crippen LogP contribution in [0.3, 0.4) is 0 Å². The molecule has 0 aliphatic carbocycles. The summed E-state index contributed by atoms with van der Waals surface area (Å²) in [5.74, 6) is 2.07. The number of halogens is 1. The van der Waals surface area contributed by atoms with Crippen LogP contribution < -0.4 is 5.73 Å². The Hall–Kier alpha value is -1.47. The van der Waals surface area contributed by atoms with Gasteiger partial charge in [-0.3, -0.25) is 4.21 Å². The van der Waals surface area contributed by atoms with E-state index in [1.54, 1.807) is 16.8 Å². The zero-order chi connectivity index (χ0) is 14.1. The third-order valence-corrected chi connectivity index (χ3v) is 5.16. The topological polar surface area (TPSA) is 86.7 Å². The lowest BCUT2D eigenvalue weighted by Gasteiger charge is -2.22. The fourth-order valence-corrected chi connectivity index (χ4v) is 3.78. The van der Waals surface area contributed by atoms with Gasteiger partial charge in [0, 0.05) is 27.9 Å². The molecule has 2 heterocycles. The Bertz CT molecular complexity index is 649. The number of anilines is 1. The molecule has 0 bridgehead atoms. The van der Waals surface area contributed by atoms with E-state index in [0.717, 1.165) is 18.4 Å². The first-order valence-corrected chi connectivity index (χ1v) is 8.20. The van der Waals surface area contributed by atoms with E-state index in [1.807, 2.05) is 6.07 Å². The molecule has 106 valence electrons. The van der Waals surface area contributed by atoms with E-state index in [-0.39, 0.29) is 6.04 Å². The van der Waals surface area contributed by atoms with Crippen LogP contribution in [0.15, 0.2) is 18.2 Å². The van der Waals surface area contributed by atoms with Crippen LogP contribution in [-0.2, 0) is 10.8 Å². The molecule has 0 amide bonds. The summed E-state index contributed by atoms with van der Waals surface area (Å²) in [4.78, 5) is 0. The monoisotopic (exact) mass is 311 g/mol. The van der Waals surface area contributed by atoms with E-state index in [4.69, 9.17) is 17.3 Å². The highest BCUT2D eigenvalue weighted by Gasteiger charge is 2.23. The van der Waals surface area contributed by atoms with Gasteiger partial charge >= 0.3 is 0 Å². The van der Waals surface area contributed by atoms with Crippen molar-refractivity contribution in [1.29, 1.82) is 0 Å². The Morgan fingerprint density at radius 1 is 1.35 bits per heavy atom. The van der Waals surface area contributed by atoms with Crippen molar-refractivity contribution in [2.75, 3.05) is 17.2 Å². The number of benzene rings is 1. The lowest BCUT2D eigenvalue weighted by molar-refractivity contribution is 0.415. The van der Waals surface area contributed by atoms with Gasteiger partial charge in [0.1, 0.15) is 0 Å². The molecular weight excluding hydrogens is 298 g/mol. The molecule has 1 fully saturated rings. The molecular formula is C12H14ClN5OS. The molecule has 20 heavy (non-hydrogen) atoms. The van der Waals surface area contributed by atoms with Crippen LogP contribution in [0.25, 0.3) is 11.4 Å². The maximum atomic E-state index is 11.4. The molecule has 2 aromatic rings. The van der Waals surface area contributed by atoms with Crippen molar-refractivity contribution in [3.8, 4) is 11.4 Å². The molecule has 1 aromatic heterocycles. The predicted molar refractivity (Wildman–Crippen MR) is 78.8 cm³/mol. The van der Waals surface area contributed by atoms with Crippen molar-refractivity contribution in [3.05, 3.63) is 23.2 Å². The zero-order valence-electron chi connectivity index (χ0n) is 10.7. The van der Waals surface area contributed by atoms with Gasteiger partial charge in [-0.1, -0.05) is 11.6 Å². The molecule has 1 saturated heterocycles. The maximum Gasteiger partial charge on any atom is 0.182 e. The first-order chi connectivity index (χ1) is 9.65. The number of hydrogen-bond donors (Lipinski definition) is 1. The molecule has 1 aliphatic heterocycles. The number of aromatic nitrogens is 4. The fraction of sp³-hybridized carbons (Fsp3) is 0.417. The quantitative estimate of drug-likeness (QED) is 0.852. The summed E-state index contributed by atoms with van der Waals surface area (Å²) in [6.07, 6.45) is 1.65. The molecule has 0 radical (unpaired) electrons. The second-order valence-electron chi connectivity index (χ2n) is 4.76. The SMILES string of the molecule is Nc1ccc(-c2nnnn2C2CCS(=O)CC2)cc1Cl. The van der Waals surface area contributed by atoms with E-state index < -0.39 is 10.8 Å². The largest absolute Gasteiger partial charge is 0.398 e. The van der Waals surface area contributed by atoms with Crippen LogP contribution >= 0.6 is 11.6 Å². The lowest BCUT2D eigenvalue weighted by atomic mass is 10.1. The Balaban J connectivity index is 1.93. The van der Waals surface area contributed by atoms with Gasteiger partial charge in [-0.05, 0) is 41.5 Å². The first-order valence-electron chi connectivity index (χ1n) is 6.33. The molecule has 1 aromatic carbocycles. The summed E-state index contributed by atoms with van der Waals surface area (Å²) in [7, 11) is -0.700. The molecule has 2 N–H and O–H groups in total. The van der Waals surface area contributed by atoms with Crippen LogP contribution in [0.5, 0.6) is 0 Å². The summed E-state index contributed by atoms with van der Waals surface area (Å²) in [5.41, 5.74) is 7.08. The Morgan fingerprint density at radius 2 is 2.10 bits per heavy atom. The van der Waals surface area contributed by atoms with Crippen LogP contribution in [-0.4, -0.2) is 35.9 Å². The van der Waals surface area contributed by atoms with Gasteiger partial charge in [0.15, 0.2) is 5.82 Å². The average Bonchev–Trinajstić information content (AvgIpc) is 2.92. The summed E-state index contributed by atoms with van der Waals surface area (Å²) in [6, 6.07) is 5.55. The van der Waals surface area contributed by atoms with E-state index >= 15 is 0 Å². The highest BCUT2D eigenvalue weighted by molar-refractivity contribution is 7.85. The van der Waals surface area contributed by atoms with Crippen molar-refractivity contribution in [2.24, 2.45) is 0 Å². The Morgan fingerprint density at radius 3 is 2.80 bits per heavy atom. The molecule has 1 aliphatic rings. The number of hydrogen-bond acceptors (Lipinski definition) is 5. The summed E-state index contributed by atoms with van der Waals surface area (Å²) in [6.45, 7) is 0. The second kappa shape index (κ2) is 5.49. The van der Waals surface area contributed by atoms with Gasteiger partial charge in [0.25, 0.3) is 0 Å². The highest BCUT2D eigenvalue weighted by Crippen LogP contribution is 2.29. The minimum atomic E-state index is -0.700.